The maximum Gasteiger partial charge on any atom is 0.317 e. The average molecular weight is 329 g/mol. The molecule has 2 N–H and O–H groups in total. The number of morpholine rings is 1. The van der Waals surface area contributed by atoms with Gasteiger partial charge in [-0.2, -0.15) is 0 Å². The third-order valence-electron chi connectivity index (χ3n) is 5.52. The molecule has 2 aliphatic heterocycles. The average Bonchev–Trinajstić information content (AvgIpc) is 2.41. The number of amides is 2. The molecule has 3 rings (SSSR count). The highest BCUT2D eigenvalue weighted by Gasteiger charge is 2.42. The van der Waals surface area contributed by atoms with Crippen molar-refractivity contribution < 1.29 is 13.7 Å². The standard InChI is InChI=1S/C15H27N3O3S/c1-12(13-3-2-4-13)17-14(19)18-7-8-21-15(11-18)5-9-22(16,20)10-6-15/h12-13,16H,2-11H2,1H3,(H,17,19). The van der Waals surface area contributed by atoms with Crippen LogP contribution in [0.1, 0.15) is 39.0 Å². The van der Waals surface area contributed by atoms with Crippen LogP contribution in [0.4, 0.5) is 4.79 Å². The van der Waals surface area contributed by atoms with Gasteiger partial charge in [-0.3, -0.25) is 4.78 Å². The summed E-state index contributed by atoms with van der Waals surface area (Å²) in [6.45, 7) is 3.80. The van der Waals surface area contributed by atoms with Crippen molar-refractivity contribution in [1.82, 2.24) is 10.2 Å². The number of carbonyl (C=O) groups is 1. The molecule has 1 atom stereocenters. The Morgan fingerprint density at radius 1 is 1.41 bits per heavy atom. The van der Waals surface area contributed by atoms with Crippen molar-refractivity contribution in [2.75, 3.05) is 31.2 Å². The Bertz CT molecular complexity index is 516. The predicted molar refractivity (Wildman–Crippen MR) is 85.4 cm³/mol. The van der Waals surface area contributed by atoms with Crippen molar-refractivity contribution in [2.45, 2.75) is 50.7 Å². The second kappa shape index (κ2) is 6.00. The van der Waals surface area contributed by atoms with Gasteiger partial charge in [0.1, 0.15) is 0 Å². The van der Waals surface area contributed by atoms with Gasteiger partial charge in [0.25, 0.3) is 0 Å². The molecule has 0 bridgehead atoms. The monoisotopic (exact) mass is 329 g/mol. The third-order valence-corrected chi connectivity index (χ3v) is 7.25. The molecule has 0 aromatic carbocycles. The molecule has 0 aromatic heterocycles. The van der Waals surface area contributed by atoms with E-state index in [0.717, 1.165) is 0 Å². The lowest BCUT2D eigenvalue weighted by molar-refractivity contribution is -0.102. The minimum Gasteiger partial charge on any atom is -0.371 e. The molecule has 126 valence electrons. The van der Waals surface area contributed by atoms with Crippen LogP contribution in [0.25, 0.3) is 0 Å². The van der Waals surface area contributed by atoms with Crippen LogP contribution in [0.15, 0.2) is 0 Å². The highest BCUT2D eigenvalue weighted by Crippen LogP contribution is 2.32. The first-order valence-corrected chi connectivity index (χ1v) is 10.2. The van der Waals surface area contributed by atoms with Crippen molar-refractivity contribution in [3.05, 3.63) is 0 Å². The summed E-state index contributed by atoms with van der Waals surface area (Å²) in [5.74, 6) is 1.41. The first-order chi connectivity index (χ1) is 10.4. The summed E-state index contributed by atoms with van der Waals surface area (Å²) in [6, 6.07) is 0.234. The van der Waals surface area contributed by atoms with Crippen LogP contribution in [0.5, 0.6) is 0 Å². The summed E-state index contributed by atoms with van der Waals surface area (Å²) < 4.78 is 25.5. The van der Waals surface area contributed by atoms with E-state index in [0.29, 0.717) is 50.0 Å². The highest BCUT2D eigenvalue weighted by molar-refractivity contribution is 7.92. The van der Waals surface area contributed by atoms with Crippen molar-refractivity contribution in [2.24, 2.45) is 5.92 Å². The van der Waals surface area contributed by atoms with Gasteiger partial charge < -0.3 is 15.0 Å². The summed E-state index contributed by atoms with van der Waals surface area (Å²) in [5.41, 5.74) is -0.378. The molecular formula is C15H27N3O3S. The molecule has 2 heterocycles. The summed E-state index contributed by atoms with van der Waals surface area (Å²) >= 11 is 0. The van der Waals surface area contributed by atoms with E-state index in [4.69, 9.17) is 9.52 Å². The van der Waals surface area contributed by atoms with Gasteiger partial charge in [-0.15, -0.1) is 0 Å². The molecule has 2 saturated heterocycles. The van der Waals surface area contributed by atoms with Crippen molar-refractivity contribution in [1.29, 1.82) is 4.78 Å². The summed E-state index contributed by atoms with van der Waals surface area (Å²) in [5, 5.41) is 3.13. The Morgan fingerprint density at radius 2 is 2.09 bits per heavy atom. The molecule has 3 fully saturated rings. The number of urea groups is 1. The van der Waals surface area contributed by atoms with Crippen LogP contribution in [0.3, 0.4) is 0 Å². The van der Waals surface area contributed by atoms with Gasteiger partial charge >= 0.3 is 6.03 Å². The van der Waals surface area contributed by atoms with Gasteiger partial charge in [0.15, 0.2) is 0 Å². The molecule has 1 unspecified atom stereocenters. The molecule has 1 saturated carbocycles. The second-order valence-electron chi connectivity index (χ2n) is 7.10. The zero-order chi connectivity index (χ0) is 15.8. The number of hydrogen-bond acceptors (Lipinski definition) is 4. The van der Waals surface area contributed by atoms with Gasteiger partial charge in [-0.05, 0) is 38.5 Å². The van der Waals surface area contributed by atoms with Crippen LogP contribution in [-0.2, 0) is 14.5 Å². The first kappa shape index (κ1) is 16.1. The molecule has 0 aromatic rings. The number of ether oxygens (including phenoxy) is 1. The van der Waals surface area contributed by atoms with Crippen molar-refractivity contribution in [3.63, 3.8) is 0 Å². The van der Waals surface area contributed by atoms with Gasteiger partial charge in [-0.25, -0.2) is 9.00 Å². The molecule has 6 nitrogen and oxygen atoms in total. The van der Waals surface area contributed by atoms with Crippen LogP contribution in [0, 0.1) is 10.7 Å². The van der Waals surface area contributed by atoms with Gasteiger partial charge in [-0.1, -0.05) is 6.42 Å². The molecular weight excluding hydrogens is 302 g/mol. The van der Waals surface area contributed by atoms with Crippen LogP contribution >= 0.6 is 0 Å². The van der Waals surface area contributed by atoms with E-state index in [-0.39, 0.29) is 17.7 Å². The fraction of sp³-hybridized carbons (Fsp3) is 0.933. The van der Waals surface area contributed by atoms with Gasteiger partial charge in [0.05, 0.1) is 18.8 Å². The zero-order valence-corrected chi connectivity index (χ0v) is 14.1. The lowest BCUT2D eigenvalue weighted by atomic mass is 9.80. The minimum absolute atomic E-state index is 0.000689. The Labute approximate surface area is 132 Å². The fourth-order valence-corrected chi connectivity index (χ4v) is 5.20. The molecule has 2 amide bonds. The van der Waals surface area contributed by atoms with E-state index in [1.807, 2.05) is 4.90 Å². The maximum absolute atomic E-state index is 12.5. The number of nitrogens with one attached hydrogen (secondary N) is 2. The maximum atomic E-state index is 12.5. The molecule has 1 spiro atoms. The number of nitrogens with zero attached hydrogens (tertiary/aromatic N) is 1. The number of rotatable bonds is 2. The van der Waals surface area contributed by atoms with Gasteiger partial charge in [0, 0.05) is 33.8 Å². The van der Waals surface area contributed by atoms with E-state index >= 15 is 0 Å². The topological polar surface area (TPSA) is 82.5 Å². The largest absolute Gasteiger partial charge is 0.371 e. The minimum atomic E-state index is -2.42. The summed E-state index contributed by atoms with van der Waals surface area (Å²) in [4.78, 5) is 14.3. The summed E-state index contributed by atoms with van der Waals surface area (Å²) in [7, 11) is -2.42. The van der Waals surface area contributed by atoms with Crippen molar-refractivity contribution in [3.8, 4) is 0 Å². The zero-order valence-electron chi connectivity index (χ0n) is 13.3. The van der Waals surface area contributed by atoms with Crippen LogP contribution in [0.2, 0.25) is 0 Å². The lowest BCUT2D eigenvalue weighted by Gasteiger charge is -2.45. The predicted octanol–water partition coefficient (Wildman–Crippen LogP) is 1.80. The Morgan fingerprint density at radius 3 is 2.68 bits per heavy atom. The molecule has 22 heavy (non-hydrogen) atoms. The van der Waals surface area contributed by atoms with E-state index in [9.17, 15) is 9.00 Å². The lowest BCUT2D eigenvalue weighted by Crippen LogP contribution is -2.59. The van der Waals surface area contributed by atoms with Crippen molar-refractivity contribution >= 4 is 15.8 Å². The summed E-state index contributed by atoms with van der Waals surface area (Å²) in [6.07, 6.45) is 4.95. The first-order valence-electron chi connectivity index (χ1n) is 8.33. The quantitative estimate of drug-likeness (QED) is 0.810. The van der Waals surface area contributed by atoms with E-state index in [1.54, 1.807) is 0 Å². The smallest absolute Gasteiger partial charge is 0.317 e. The second-order valence-corrected chi connectivity index (χ2v) is 9.54. The van der Waals surface area contributed by atoms with E-state index < -0.39 is 9.73 Å². The van der Waals surface area contributed by atoms with Crippen LogP contribution < -0.4 is 5.32 Å². The Kier molecular flexibility index (Phi) is 4.38. The molecule has 0 radical (unpaired) electrons. The Balaban J connectivity index is 1.57. The number of hydrogen-bond donors (Lipinski definition) is 2. The third kappa shape index (κ3) is 3.40. The van der Waals surface area contributed by atoms with E-state index in [2.05, 4.69) is 12.2 Å². The molecule has 1 aliphatic carbocycles. The normalized spacial score (nSPS) is 37.6. The highest BCUT2D eigenvalue weighted by atomic mass is 32.2. The fourth-order valence-electron chi connectivity index (χ4n) is 3.59. The van der Waals surface area contributed by atoms with Crippen LogP contribution in [-0.4, -0.2) is 58.0 Å². The molecule has 7 heteroatoms. The molecule has 3 aliphatic rings. The van der Waals surface area contributed by atoms with E-state index in [1.165, 1.54) is 19.3 Å². The number of carbonyl (C=O) groups excluding carboxylic acids is 1. The Hall–Kier alpha value is -0.820. The van der Waals surface area contributed by atoms with Gasteiger partial charge in [0.2, 0.25) is 0 Å². The SMILES string of the molecule is CC(NC(=O)N1CCOC2(CCS(=N)(=O)CC2)C1)C1CCC1.